The molecule has 120 valence electrons. The van der Waals surface area contributed by atoms with Gasteiger partial charge in [0.15, 0.2) is 0 Å². The molecule has 1 aromatic carbocycles. The molecule has 6 heteroatoms. The molecule has 2 aromatic rings. The minimum Gasteiger partial charge on any atom is -0.497 e. The summed E-state index contributed by atoms with van der Waals surface area (Å²) >= 11 is 0. The largest absolute Gasteiger partial charge is 0.497 e. The standard InChI is InChI=1S/C17H17NO5/c1-22-12-6-4-11(5-7-12)16-14(17(20)21)9-15(19)18(16)10-13-3-2-8-23-13/h2-8,14,16H,9-10H2,1H3,(H,20,21)/t14-,16+/m0/s1. The Labute approximate surface area is 133 Å². The molecule has 23 heavy (non-hydrogen) atoms. The Balaban J connectivity index is 1.94. The molecule has 2 heterocycles. The number of carboxylic acid groups (broad SMARTS) is 1. The second kappa shape index (κ2) is 6.16. The van der Waals surface area contributed by atoms with Gasteiger partial charge in [-0.2, -0.15) is 0 Å². The lowest BCUT2D eigenvalue weighted by molar-refractivity contribution is -0.142. The molecule has 0 saturated carbocycles. The van der Waals surface area contributed by atoms with E-state index in [2.05, 4.69) is 0 Å². The SMILES string of the molecule is COc1ccc([C@@H]2[C@@H](C(=O)O)CC(=O)N2Cc2ccco2)cc1. The monoisotopic (exact) mass is 315 g/mol. The van der Waals surface area contributed by atoms with Crippen molar-refractivity contribution in [3.05, 3.63) is 54.0 Å². The second-order valence-electron chi connectivity index (χ2n) is 5.47. The fourth-order valence-electron chi connectivity index (χ4n) is 2.98. The van der Waals surface area contributed by atoms with Crippen molar-refractivity contribution in [3.63, 3.8) is 0 Å². The topological polar surface area (TPSA) is 80.0 Å². The number of amides is 1. The van der Waals surface area contributed by atoms with Crippen LogP contribution in [-0.2, 0) is 16.1 Å². The molecule has 1 saturated heterocycles. The van der Waals surface area contributed by atoms with Crippen molar-refractivity contribution in [1.82, 2.24) is 4.90 Å². The summed E-state index contributed by atoms with van der Waals surface area (Å²) in [5.41, 5.74) is 0.774. The van der Waals surface area contributed by atoms with Crippen molar-refractivity contribution in [2.24, 2.45) is 5.92 Å². The number of furan rings is 1. The zero-order valence-electron chi connectivity index (χ0n) is 12.6. The average Bonchev–Trinajstić information content (AvgIpc) is 3.17. The van der Waals surface area contributed by atoms with E-state index in [1.54, 1.807) is 48.4 Å². The Hall–Kier alpha value is -2.76. The molecule has 6 nitrogen and oxygen atoms in total. The highest BCUT2D eigenvalue weighted by Crippen LogP contribution is 2.39. The summed E-state index contributed by atoms with van der Waals surface area (Å²) in [6.45, 7) is 0.256. The summed E-state index contributed by atoms with van der Waals surface area (Å²) in [7, 11) is 1.57. The molecule has 2 atom stereocenters. The Morgan fingerprint density at radius 3 is 2.65 bits per heavy atom. The third kappa shape index (κ3) is 2.92. The van der Waals surface area contributed by atoms with E-state index in [1.165, 1.54) is 6.26 Å². The maximum absolute atomic E-state index is 12.3. The first-order chi connectivity index (χ1) is 11.1. The van der Waals surface area contributed by atoms with Gasteiger partial charge in [0, 0.05) is 6.42 Å². The average molecular weight is 315 g/mol. The molecule has 3 rings (SSSR count). The maximum atomic E-state index is 12.3. The smallest absolute Gasteiger partial charge is 0.309 e. The number of rotatable bonds is 5. The fraction of sp³-hybridized carbons (Fsp3) is 0.294. The van der Waals surface area contributed by atoms with Crippen molar-refractivity contribution in [3.8, 4) is 5.75 Å². The number of methoxy groups -OCH3 is 1. The molecule has 1 aromatic heterocycles. The van der Waals surface area contributed by atoms with Gasteiger partial charge in [-0.1, -0.05) is 12.1 Å². The van der Waals surface area contributed by atoms with E-state index in [0.717, 1.165) is 5.56 Å². The van der Waals surface area contributed by atoms with Crippen molar-refractivity contribution in [1.29, 1.82) is 0 Å². The minimum absolute atomic E-state index is 0.00720. The molecular weight excluding hydrogens is 298 g/mol. The Morgan fingerprint density at radius 1 is 1.35 bits per heavy atom. The molecule has 0 spiro atoms. The van der Waals surface area contributed by atoms with Crippen LogP contribution in [0.15, 0.2) is 47.1 Å². The van der Waals surface area contributed by atoms with Gasteiger partial charge in [-0.05, 0) is 29.8 Å². The number of benzene rings is 1. The Kier molecular flexibility index (Phi) is 4.06. The number of likely N-dealkylation sites (tertiary alicyclic amines) is 1. The highest BCUT2D eigenvalue weighted by atomic mass is 16.5. The van der Waals surface area contributed by atoms with E-state index in [4.69, 9.17) is 9.15 Å². The summed E-state index contributed by atoms with van der Waals surface area (Å²) in [6.07, 6.45) is 1.53. The lowest BCUT2D eigenvalue weighted by Gasteiger charge is -2.26. The normalized spacial score (nSPS) is 20.7. The van der Waals surface area contributed by atoms with Crippen LogP contribution in [0.25, 0.3) is 0 Å². The molecule has 1 N–H and O–H groups in total. The molecule has 1 aliphatic heterocycles. The molecule has 0 aliphatic carbocycles. The summed E-state index contributed by atoms with van der Waals surface area (Å²) in [5.74, 6) is -0.618. The van der Waals surface area contributed by atoms with Gasteiger partial charge in [-0.25, -0.2) is 0 Å². The third-order valence-corrected chi connectivity index (χ3v) is 4.11. The van der Waals surface area contributed by atoms with E-state index >= 15 is 0 Å². The van der Waals surface area contributed by atoms with Gasteiger partial charge >= 0.3 is 5.97 Å². The van der Waals surface area contributed by atoms with Gasteiger partial charge in [0.05, 0.1) is 31.9 Å². The van der Waals surface area contributed by atoms with Crippen molar-refractivity contribution in [2.45, 2.75) is 19.0 Å². The lowest BCUT2D eigenvalue weighted by Crippen LogP contribution is -2.30. The molecular formula is C17H17NO5. The van der Waals surface area contributed by atoms with Crippen LogP contribution in [0.3, 0.4) is 0 Å². The van der Waals surface area contributed by atoms with Gasteiger partial charge in [0.2, 0.25) is 5.91 Å². The van der Waals surface area contributed by atoms with Crippen LogP contribution in [0.4, 0.5) is 0 Å². The second-order valence-corrected chi connectivity index (χ2v) is 5.47. The van der Waals surface area contributed by atoms with Crippen LogP contribution in [0, 0.1) is 5.92 Å². The lowest BCUT2D eigenvalue weighted by atomic mass is 9.93. The van der Waals surface area contributed by atoms with Crippen molar-refractivity contribution in [2.75, 3.05) is 7.11 Å². The Bertz CT molecular complexity index is 692. The van der Waals surface area contributed by atoms with Crippen LogP contribution in [-0.4, -0.2) is 29.0 Å². The van der Waals surface area contributed by atoms with Crippen LogP contribution < -0.4 is 4.74 Å². The maximum Gasteiger partial charge on any atom is 0.309 e. The molecule has 0 bridgehead atoms. The van der Waals surface area contributed by atoms with Crippen molar-refractivity contribution >= 4 is 11.9 Å². The zero-order valence-corrected chi connectivity index (χ0v) is 12.6. The predicted octanol–water partition coefficient (Wildman–Crippen LogP) is 2.46. The number of hydrogen-bond donors (Lipinski definition) is 1. The first-order valence-corrected chi connectivity index (χ1v) is 7.28. The van der Waals surface area contributed by atoms with Crippen LogP contribution in [0.2, 0.25) is 0 Å². The number of aliphatic carboxylic acids is 1. The summed E-state index contributed by atoms with van der Waals surface area (Å²) in [4.78, 5) is 25.5. The van der Waals surface area contributed by atoms with Crippen LogP contribution >= 0.6 is 0 Å². The quantitative estimate of drug-likeness (QED) is 0.917. The van der Waals surface area contributed by atoms with Gasteiger partial charge in [-0.15, -0.1) is 0 Å². The van der Waals surface area contributed by atoms with Gasteiger partial charge in [0.1, 0.15) is 11.5 Å². The predicted molar refractivity (Wildman–Crippen MR) is 80.7 cm³/mol. The third-order valence-electron chi connectivity index (χ3n) is 4.11. The first-order valence-electron chi connectivity index (χ1n) is 7.28. The number of carboxylic acids is 1. The van der Waals surface area contributed by atoms with Crippen LogP contribution in [0.1, 0.15) is 23.8 Å². The minimum atomic E-state index is -0.971. The first kappa shape index (κ1) is 15.1. The summed E-state index contributed by atoms with van der Waals surface area (Å²) in [5, 5.41) is 9.48. The summed E-state index contributed by atoms with van der Waals surface area (Å²) < 4.78 is 10.4. The number of nitrogens with zero attached hydrogens (tertiary/aromatic N) is 1. The molecule has 1 amide bonds. The van der Waals surface area contributed by atoms with E-state index in [1.807, 2.05) is 0 Å². The fourth-order valence-corrected chi connectivity index (χ4v) is 2.98. The zero-order chi connectivity index (χ0) is 16.4. The Morgan fingerprint density at radius 2 is 2.09 bits per heavy atom. The number of hydrogen-bond acceptors (Lipinski definition) is 4. The van der Waals surface area contributed by atoms with Gasteiger partial charge < -0.3 is 19.2 Å². The molecule has 1 fully saturated rings. The highest BCUT2D eigenvalue weighted by Gasteiger charge is 2.44. The molecule has 1 aliphatic rings. The number of carbonyl (C=O) groups excluding carboxylic acids is 1. The van der Waals surface area contributed by atoms with E-state index in [0.29, 0.717) is 11.5 Å². The number of ether oxygens (including phenoxy) is 1. The molecule has 0 unspecified atom stereocenters. The van der Waals surface area contributed by atoms with E-state index < -0.39 is 17.9 Å². The highest BCUT2D eigenvalue weighted by molar-refractivity contribution is 5.87. The van der Waals surface area contributed by atoms with E-state index in [-0.39, 0.29) is 18.9 Å². The summed E-state index contributed by atoms with van der Waals surface area (Å²) in [6, 6.07) is 10.1. The van der Waals surface area contributed by atoms with Gasteiger partial charge in [-0.3, -0.25) is 9.59 Å². The van der Waals surface area contributed by atoms with Crippen LogP contribution in [0.5, 0.6) is 5.75 Å². The van der Waals surface area contributed by atoms with E-state index in [9.17, 15) is 14.7 Å². The molecule has 0 radical (unpaired) electrons. The van der Waals surface area contributed by atoms with Crippen molar-refractivity contribution < 1.29 is 23.8 Å². The number of carbonyl (C=O) groups is 2. The van der Waals surface area contributed by atoms with Gasteiger partial charge in [0.25, 0.3) is 0 Å².